The molecule has 0 fully saturated rings. The van der Waals surface area contributed by atoms with Crippen molar-refractivity contribution in [3.05, 3.63) is 70.2 Å². The van der Waals surface area contributed by atoms with E-state index in [4.69, 9.17) is 4.74 Å². The maximum absolute atomic E-state index is 11.9. The molecule has 4 heteroatoms. The van der Waals surface area contributed by atoms with Gasteiger partial charge < -0.3 is 9.64 Å². The Balaban J connectivity index is 1.64. The zero-order valence-electron chi connectivity index (χ0n) is 13.4. The van der Waals surface area contributed by atoms with Gasteiger partial charge in [0.05, 0.1) is 0 Å². The zero-order valence-corrected chi connectivity index (χ0v) is 15.0. The lowest BCUT2D eigenvalue weighted by molar-refractivity contribution is 0.104. The second kappa shape index (κ2) is 9.36. The Kier molecular flexibility index (Phi) is 7.14. The van der Waals surface area contributed by atoms with Gasteiger partial charge in [0.1, 0.15) is 6.61 Å². The van der Waals surface area contributed by atoms with Gasteiger partial charge in [-0.15, -0.1) is 0 Å². The van der Waals surface area contributed by atoms with Crippen molar-refractivity contribution in [2.75, 3.05) is 13.6 Å². The summed E-state index contributed by atoms with van der Waals surface area (Å²) in [6.45, 7) is 1.03. The van der Waals surface area contributed by atoms with Gasteiger partial charge in [-0.05, 0) is 42.5 Å². The normalized spacial score (nSPS) is 10.3. The zero-order chi connectivity index (χ0) is 16.5. The van der Waals surface area contributed by atoms with E-state index in [9.17, 15) is 4.79 Å². The minimum atomic E-state index is -0.267. The van der Waals surface area contributed by atoms with Gasteiger partial charge >= 0.3 is 6.09 Å². The molecule has 0 aliphatic carbocycles. The lowest BCUT2D eigenvalue weighted by Crippen LogP contribution is -2.28. The number of nitrogens with zero attached hydrogens (tertiary/aromatic N) is 1. The summed E-state index contributed by atoms with van der Waals surface area (Å²) >= 11 is 3.48. The Bertz CT molecular complexity index is 616. The maximum atomic E-state index is 11.9. The molecule has 2 aromatic carbocycles. The maximum Gasteiger partial charge on any atom is 0.409 e. The van der Waals surface area contributed by atoms with Gasteiger partial charge in [-0.2, -0.15) is 0 Å². The molecule has 0 spiro atoms. The number of amides is 1. The highest BCUT2D eigenvalue weighted by Gasteiger charge is 2.09. The fraction of sp³-hybridized carbons (Fsp3) is 0.316. The summed E-state index contributed by atoms with van der Waals surface area (Å²) in [5.74, 6) is 0. The van der Waals surface area contributed by atoms with Crippen molar-refractivity contribution < 1.29 is 9.53 Å². The summed E-state index contributed by atoms with van der Waals surface area (Å²) in [6, 6.07) is 18.1. The molecule has 0 atom stereocenters. The molecule has 0 aromatic heterocycles. The van der Waals surface area contributed by atoms with Gasteiger partial charge in [0.25, 0.3) is 0 Å². The van der Waals surface area contributed by atoms with Crippen LogP contribution >= 0.6 is 15.9 Å². The number of unbranched alkanes of at least 4 members (excludes halogenated alkanes) is 1. The molecule has 3 nitrogen and oxygen atoms in total. The van der Waals surface area contributed by atoms with Crippen molar-refractivity contribution in [2.45, 2.75) is 25.9 Å². The van der Waals surface area contributed by atoms with E-state index in [0.29, 0.717) is 13.2 Å². The molecule has 0 aliphatic rings. The summed E-state index contributed by atoms with van der Waals surface area (Å²) in [5, 5.41) is 0. The lowest BCUT2D eigenvalue weighted by atomic mass is 10.1. The van der Waals surface area contributed by atoms with E-state index in [1.54, 1.807) is 11.9 Å². The predicted molar refractivity (Wildman–Crippen MR) is 96.3 cm³/mol. The molecule has 122 valence electrons. The van der Waals surface area contributed by atoms with Crippen molar-refractivity contribution in [1.82, 2.24) is 4.90 Å². The predicted octanol–water partition coefficient (Wildman–Crippen LogP) is 5.04. The van der Waals surface area contributed by atoms with Crippen LogP contribution in [0.1, 0.15) is 24.0 Å². The highest BCUT2D eigenvalue weighted by Crippen LogP contribution is 2.13. The first-order valence-electron chi connectivity index (χ1n) is 7.81. The summed E-state index contributed by atoms with van der Waals surface area (Å²) in [7, 11) is 1.78. The van der Waals surface area contributed by atoms with Crippen LogP contribution in [0.25, 0.3) is 0 Å². The summed E-state index contributed by atoms with van der Waals surface area (Å²) < 4.78 is 6.41. The van der Waals surface area contributed by atoms with E-state index in [0.717, 1.165) is 29.3 Å². The fourth-order valence-corrected chi connectivity index (χ4v) is 2.74. The Hall–Kier alpha value is -1.81. The third-order valence-corrected chi connectivity index (χ3v) is 4.11. The van der Waals surface area contributed by atoms with E-state index in [2.05, 4.69) is 28.1 Å². The third-order valence-electron chi connectivity index (χ3n) is 3.61. The van der Waals surface area contributed by atoms with Crippen molar-refractivity contribution >= 4 is 22.0 Å². The van der Waals surface area contributed by atoms with Crippen LogP contribution in [0.15, 0.2) is 59.1 Å². The first-order chi connectivity index (χ1) is 11.1. The number of rotatable bonds is 7. The average Bonchev–Trinajstić information content (AvgIpc) is 2.57. The molecule has 0 bridgehead atoms. The molecule has 0 saturated heterocycles. The Morgan fingerprint density at radius 2 is 1.78 bits per heavy atom. The van der Waals surface area contributed by atoms with Crippen molar-refractivity contribution in [2.24, 2.45) is 0 Å². The van der Waals surface area contributed by atoms with Gasteiger partial charge in [0.15, 0.2) is 0 Å². The summed E-state index contributed by atoms with van der Waals surface area (Å²) in [4.78, 5) is 13.6. The summed E-state index contributed by atoms with van der Waals surface area (Å²) in [5.41, 5.74) is 2.32. The van der Waals surface area contributed by atoms with Crippen LogP contribution in [-0.4, -0.2) is 24.6 Å². The Morgan fingerprint density at radius 1 is 1.04 bits per heavy atom. The SMILES string of the molecule is CN(CCCCc1cccc(Br)c1)C(=O)OCc1ccccc1. The van der Waals surface area contributed by atoms with Gasteiger partial charge in [0.2, 0.25) is 0 Å². The highest BCUT2D eigenvalue weighted by molar-refractivity contribution is 9.10. The smallest absolute Gasteiger partial charge is 0.409 e. The van der Waals surface area contributed by atoms with Crippen LogP contribution in [-0.2, 0) is 17.8 Å². The first-order valence-corrected chi connectivity index (χ1v) is 8.61. The molecule has 1 amide bonds. The van der Waals surface area contributed by atoms with Crippen molar-refractivity contribution in [1.29, 1.82) is 0 Å². The number of carbonyl (C=O) groups is 1. The molecule has 2 rings (SSSR count). The van der Waals surface area contributed by atoms with Gasteiger partial charge in [0, 0.05) is 18.1 Å². The molecule has 2 aromatic rings. The van der Waals surface area contributed by atoms with E-state index >= 15 is 0 Å². The lowest BCUT2D eigenvalue weighted by Gasteiger charge is -2.17. The molecular weight excluding hydrogens is 354 g/mol. The average molecular weight is 376 g/mol. The topological polar surface area (TPSA) is 29.5 Å². The van der Waals surface area contributed by atoms with Crippen LogP contribution in [0, 0.1) is 0 Å². The van der Waals surface area contributed by atoms with Crippen LogP contribution in [0.4, 0.5) is 4.79 Å². The first kappa shape index (κ1) is 17.5. The largest absolute Gasteiger partial charge is 0.445 e. The number of ether oxygens (including phenoxy) is 1. The standard InChI is InChI=1S/C19H22BrNO2/c1-21(19(22)23-15-17-9-3-2-4-10-17)13-6-5-8-16-11-7-12-18(20)14-16/h2-4,7,9-12,14H,5-6,8,13,15H2,1H3. The number of carbonyl (C=O) groups excluding carboxylic acids is 1. The van der Waals surface area contributed by atoms with E-state index in [1.807, 2.05) is 42.5 Å². The van der Waals surface area contributed by atoms with Crippen LogP contribution in [0.2, 0.25) is 0 Å². The number of hydrogen-bond donors (Lipinski definition) is 0. The highest BCUT2D eigenvalue weighted by atomic mass is 79.9. The minimum Gasteiger partial charge on any atom is -0.445 e. The molecule has 23 heavy (non-hydrogen) atoms. The van der Waals surface area contributed by atoms with Crippen molar-refractivity contribution in [3.8, 4) is 0 Å². The number of benzene rings is 2. The number of aryl methyl sites for hydroxylation is 1. The fourth-order valence-electron chi connectivity index (χ4n) is 2.29. The van der Waals surface area contributed by atoms with Gasteiger partial charge in [-0.1, -0.05) is 58.4 Å². The number of halogens is 1. The Labute approximate surface area is 146 Å². The molecule has 0 radical (unpaired) electrons. The van der Waals surface area contributed by atoms with E-state index in [-0.39, 0.29) is 6.09 Å². The minimum absolute atomic E-state index is 0.267. The molecular formula is C19H22BrNO2. The van der Waals surface area contributed by atoms with Crippen LogP contribution in [0.3, 0.4) is 0 Å². The Morgan fingerprint density at radius 3 is 2.52 bits per heavy atom. The monoisotopic (exact) mass is 375 g/mol. The van der Waals surface area contributed by atoms with Crippen molar-refractivity contribution in [3.63, 3.8) is 0 Å². The molecule has 0 aliphatic heterocycles. The quantitative estimate of drug-likeness (QED) is 0.634. The number of hydrogen-bond acceptors (Lipinski definition) is 2. The summed E-state index contributed by atoms with van der Waals surface area (Å²) in [6.07, 6.45) is 2.76. The van der Waals surface area contributed by atoms with E-state index in [1.165, 1.54) is 5.56 Å². The second-order valence-electron chi connectivity index (χ2n) is 5.55. The van der Waals surface area contributed by atoms with E-state index < -0.39 is 0 Å². The molecule has 0 saturated carbocycles. The van der Waals surface area contributed by atoms with Gasteiger partial charge in [-0.25, -0.2) is 4.79 Å². The van der Waals surface area contributed by atoms with Gasteiger partial charge in [-0.3, -0.25) is 0 Å². The molecule has 0 unspecified atom stereocenters. The molecule has 0 N–H and O–H groups in total. The second-order valence-corrected chi connectivity index (χ2v) is 6.46. The van der Waals surface area contributed by atoms with Crippen LogP contribution in [0.5, 0.6) is 0 Å². The third kappa shape index (κ3) is 6.45. The molecule has 0 heterocycles. The van der Waals surface area contributed by atoms with Crippen LogP contribution < -0.4 is 0 Å².